The third-order valence-electron chi connectivity index (χ3n) is 11.2. The summed E-state index contributed by atoms with van der Waals surface area (Å²) in [6.45, 7) is 0. The summed E-state index contributed by atoms with van der Waals surface area (Å²) in [5.74, 6) is 0.659. The molecule has 0 unspecified atom stereocenters. The molecule has 0 aliphatic carbocycles. The van der Waals surface area contributed by atoms with Gasteiger partial charge in [0.2, 0.25) is 5.95 Å². The minimum absolute atomic E-state index is 0.659. The molecule has 0 amide bonds. The Morgan fingerprint density at radius 1 is 0.333 bits per heavy atom. The largest absolute Gasteiger partial charge is 0.309 e. The molecule has 250 valence electrons. The fraction of sp³-hybridized carbons (Fsp3) is 0. The number of hydrogen-bond acceptors (Lipinski definition) is 2. The van der Waals surface area contributed by atoms with Crippen LogP contribution < -0.4 is 0 Å². The molecule has 12 rings (SSSR count). The molecule has 3 heterocycles. The van der Waals surface area contributed by atoms with Crippen molar-refractivity contribution in [2.24, 2.45) is 0 Å². The molecule has 3 aromatic heterocycles. The second-order valence-electron chi connectivity index (χ2n) is 14.2. The molecule has 0 saturated heterocycles. The minimum Gasteiger partial charge on any atom is -0.309 e. The van der Waals surface area contributed by atoms with Crippen LogP contribution in [0.3, 0.4) is 0 Å². The van der Waals surface area contributed by atoms with E-state index in [2.05, 4.69) is 191 Å². The van der Waals surface area contributed by atoms with Gasteiger partial charge in [-0.15, -0.1) is 0 Å². The second kappa shape index (κ2) is 11.1. The van der Waals surface area contributed by atoms with E-state index in [4.69, 9.17) is 9.97 Å². The zero-order valence-corrected chi connectivity index (χ0v) is 29.1. The van der Waals surface area contributed by atoms with Crippen LogP contribution in [0, 0.1) is 0 Å². The highest BCUT2D eigenvalue weighted by Gasteiger charge is 2.21. The van der Waals surface area contributed by atoms with Crippen molar-refractivity contribution in [2.45, 2.75) is 0 Å². The van der Waals surface area contributed by atoms with Gasteiger partial charge in [0.15, 0.2) is 0 Å². The zero-order chi connectivity index (χ0) is 35.3. The van der Waals surface area contributed by atoms with Gasteiger partial charge in [-0.3, -0.25) is 4.57 Å². The molecule has 4 heteroatoms. The summed E-state index contributed by atoms with van der Waals surface area (Å²) in [7, 11) is 0. The Kier molecular flexibility index (Phi) is 6.02. The summed E-state index contributed by atoms with van der Waals surface area (Å²) in [5, 5.41) is 13.1. The molecule has 0 aliphatic heterocycles. The normalized spacial score (nSPS) is 12.1. The molecule has 12 aromatic rings. The Balaban J connectivity index is 1.18. The van der Waals surface area contributed by atoms with E-state index in [1.54, 1.807) is 0 Å². The molecule has 9 aromatic carbocycles. The predicted molar refractivity (Wildman–Crippen MR) is 226 cm³/mol. The van der Waals surface area contributed by atoms with E-state index in [-0.39, 0.29) is 0 Å². The lowest BCUT2D eigenvalue weighted by Crippen LogP contribution is -2.03. The van der Waals surface area contributed by atoms with Crippen LogP contribution in [0.25, 0.3) is 110 Å². The molecule has 0 radical (unpaired) electrons. The second-order valence-corrected chi connectivity index (χ2v) is 14.2. The Hall–Kier alpha value is -7.30. The fourth-order valence-corrected chi connectivity index (χ4v) is 8.78. The van der Waals surface area contributed by atoms with Crippen molar-refractivity contribution in [1.82, 2.24) is 19.1 Å². The van der Waals surface area contributed by atoms with Gasteiger partial charge in [-0.2, -0.15) is 0 Å². The van der Waals surface area contributed by atoms with Gasteiger partial charge in [0.05, 0.1) is 33.3 Å². The lowest BCUT2D eigenvalue weighted by molar-refractivity contribution is 1.01. The number of aromatic nitrogens is 4. The van der Waals surface area contributed by atoms with Gasteiger partial charge in [-0.1, -0.05) is 121 Å². The van der Waals surface area contributed by atoms with Crippen molar-refractivity contribution in [3.63, 3.8) is 0 Å². The molecule has 0 atom stereocenters. The van der Waals surface area contributed by atoms with Crippen LogP contribution in [0.15, 0.2) is 182 Å². The van der Waals surface area contributed by atoms with E-state index in [0.717, 1.165) is 44.4 Å². The molecular weight excluding hydrogens is 657 g/mol. The van der Waals surface area contributed by atoms with E-state index in [9.17, 15) is 0 Å². The first-order chi connectivity index (χ1) is 26.8. The third kappa shape index (κ3) is 4.19. The minimum atomic E-state index is 0.659. The maximum atomic E-state index is 5.53. The van der Waals surface area contributed by atoms with Gasteiger partial charge in [0, 0.05) is 38.2 Å². The first-order valence-corrected chi connectivity index (χ1v) is 18.4. The van der Waals surface area contributed by atoms with Crippen molar-refractivity contribution in [2.75, 3.05) is 0 Å². The number of para-hydroxylation sites is 2. The van der Waals surface area contributed by atoms with Crippen molar-refractivity contribution in [3.8, 4) is 22.9 Å². The molecule has 0 fully saturated rings. The number of rotatable bonds is 3. The SMILES string of the molecule is c1ccc(-n2c3ccc(-c4nc(-n5c6cc7ccccc7cc6c6cc7ccccc7cc65)nc5ccccc45)cc3c3c4ccccc4ccc32)cc1. The van der Waals surface area contributed by atoms with Gasteiger partial charge in [-0.25, -0.2) is 9.97 Å². The standard InChI is InChI=1S/C50H30N4/c1-2-17-37(18-3-1)53-44-24-23-36(28-42(44)48-38-19-9-8-12-31(38)22-25-45(48)53)49-39-20-10-11-21-43(39)51-50(52-49)54-46-29-34-15-6-4-13-32(34)26-40(46)41-27-33-14-5-7-16-35(33)30-47(41)54/h1-30H. The fourth-order valence-electron chi connectivity index (χ4n) is 8.78. The van der Waals surface area contributed by atoms with E-state index in [1.165, 1.54) is 59.4 Å². The van der Waals surface area contributed by atoms with Crippen LogP contribution in [0.1, 0.15) is 0 Å². The Morgan fingerprint density at radius 3 is 1.61 bits per heavy atom. The quantitative estimate of drug-likeness (QED) is 0.185. The van der Waals surface area contributed by atoms with Gasteiger partial charge in [0.1, 0.15) is 0 Å². The topological polar surface area (TPSA) is 35.6 Å². The predicted octanol–water partition coefficient (Wildman–Crippen LogP) is 13.0. The molecular formula is C50H30N4. The lowest BCUT2D eigenvalue weighted by atomic mass is 10.0. The maximum Gasteiger partial charge on any atom is 0.235 e. The number of hydrogen-bond donors (Lipinski definition) is 0. The summed E-state index contributed by atoms with van der Waals surface area (Å²) in [6, 6.07) is 65.5. The van der Waals surface area contributed by atoms with Crippen molar-refractivity contribution in [1.29, 1.82) is 0 Å². The highest BCUT2D eigenvalue weighted by atomic mass is 15.2. The Bertz CT molecular complexity index is 3410. The third-order valence-corrected chi connectivity index (χ3v) is 11.2. The molecule has 0 aliphatic rings. The van der Waals surface area contributed by atoms with Crippen LogP contribution in [-0.4, -0.2) is 19.1 Å². The summed E-state index contributed by atoms with van der Waals surface area (Å²) < 4.78 is 4.66. The summed E-state index contributed by atoms with van der Waals surface area (Å²) >= 11 is 0. The Labute approximate surface area is 309 Å². The van der Waals surface area contributed by atoms with Crippen LogP contribution >= 0.6 is 0 Å². The van der Waals surface area contributed by atoms with E-state index in [0.29, 0.717) is 5.95 Å². The van der Waals surface area contributed by atoms with Crippen LogP contribution in [0.5, 0.6) is 0 Å². The van der Waals surface area contributed by atoms with E-state index >= 15 is 0 Å². The first-order valence-electron chi connectivity index (χ1n) is 18.4. The summed E-state index contributed by atoms with van der Waals surface area (Å²) in [6.07, 6.45) is 0. The molecule has 0 spiro atoms. The smallest absolute Gasteiger partial charge is 0.235 e. The summed E-state index contributed by atoms with van der Waals surface area (Å²) in [4.78, 5) is 10.8. The zero-order valence-electron chi connectivity index (χ0n) is 29.1. The van der Waals surface area contributed by atoms with Crippen molar-refractivity contribution < 1.29 is 0 Å². The maximum absolute atomic E-state index is 5.53. The highest BCUT2D eigenvalue weighted by Crippen LogP contribution is 2.41. The van der Waals surface area contributed by atoms with Crippen LogP contribution in [0.2, 0.25) is 0 Å². The molecule has 54 heavy (non-hydrogen) atoms. The van der Waals surface area contributed by atoms with Crippen molar-refractivity contribution in [3.05, 3.63) is 182 Å². The molecule has 0 saturated carbocycles. The van der Waals surface area contributed by atoms with E-state index < -0.39 is 0 Å². The van der Waals surface area contributed by atoms with Gasteiger partial charge in [0.25, 0.3) is 0 Å². The van der Waals surface area contributed by atoms with Crippen molar-refractivity contribution >= 4 is 86.8 Å². The van der Waals surface area contributed by atoms with Crippen LogP contribution in [-0.2, 0) is 0 Å². The molecule has 4 nitrogen and oxygen atoms in total. The van der Waals surface area contributed by atoms with Gasteiger partial charge >= 0.3 is 0 Å². The van der Waals surface area contributed by atoms with E-state index in [1.807, 2.05) is 0 Å². The molecule has 0 N–H and O–H groups in total. The first kappa shape index (κ1) is 29.3. The number of nitrogens with zero attached hydrogens (tertiary/aromatic N) is 4. The average molecular weight is 687 g/mol. The van der Waals surface area contributed by atoms with Gasteiger partial charge < -0.3 is 4.57 Å². The lowest BCUT2D eigenvalue weighted by Gasteiger charge is -2.13. The van der Waals surface area contributed by atoms with Gasteiger partial charge in [-0.05, 0) is 93.0 Å². The highest BCUT2D eigenvalue weighted by molar-refractivity contribution is 6.22. The average Bonchev–Trinajstić information content (AvgIpc) is 3.73. The number of benzene rings is 9. The Morgan fingerprint density at radius 2 is 0.907 bits per heavy atom. The molecule has 0 bridgehead atoms. The monoisotopic (exact) mass is 686 g/mol. The summed E-state index contributed by atoms with van der Waals surface area (Å²) in [5.41, 5.74) is 8.55. The number of fused-ring (bicyclic) bond motifs is 11. The van der Waals surface area contributed by atoms with Crippen LogP contribution in [0.4, 0.5) is 0 Å².